The molecular formula is C13H26N6O3. The minimum atomic E-state index is -0.836. The van der Waals surface area contributed by atoms with Crippen molar-refractivity contribution in [3.05, 3.63) is 0 Å². The first-order valence-corrected chi connectivity index (χ1v) is 7.07. The first-order chi connectivity index (χ1) is 10.1. The van der Waals surface area contributed by atoms with Crippen LogP contribution in [-0.4, -0.2) is 42.3 Å². The lowest BCUT2D eigenvalue weighted by molar-refractivity contribution is -0.131. The fourth-order valence-electron chi connectivity index (χ4n) is 1.80. The highest BCUT2D eigenvalue weighted by atomic mass is 16.2. The van der Waals surface area contributed by atoms with Gasteiger partial charge < -0.3 is 27.8 Å². The van der Waals surface area contributed by atoms with Gasteiger partial charge in [0.05, 0.1) is 0 Å². The van der Waals surface area contributed by atoms with Crippen LogP contribution in [0.15, 0.2) is 4.99 Å². The molecule has 9 nitrogen and oxygen atoms in total. The Morgan fingerprint density at radius 3 is 2.09 bits per heavy atom. The van der Waals surface area contributed by atoms with E-state index in [-0.39, 0.29) is 17.8 Å². The number of aliphatic imine (C=N–C) groups is 1. The maximum Gasteiger partial charge on any atom is 0.243 e. The maximum atomic E-state index is 12.2. The zero-order valence-corrected chi connectivity index (χ0v) is 13.3. The third-order valence-electron chi connectivity index (χ3n) is 2.91. The van der Waals surface area contributed by atoms with Crippen LogP contribution in [0.5, 0.6) is 0 Å². The first-order valence-electron chi connectivity index (χ1n) is 7.07. The van der Waals surface area contributed by atoms with Crippen LogP contribution >= 0.6 is 0 Å². The quantitative estimate of drug-likeness (QED) is 0.191. The lowest BCUT2D eigenvalue weighted by atomic mass is 10.0. The van der Waals surface area contributed by atoms with Crippen LogP contribution in [-0.2, 0) is 14.4 Å². The van der Waals surface area contributed by atoms with Gasteiger partial charge in [-0.15, -0.1) is 0 Å². The van der Waals surface area contributed by atoms with Gasteiger partial charge in [0, 0.05) is 13.5 Å². The van der Waals surface area contributed by atoms with Crippen LogP contribution in [0, 0.1) is 5.92 Å². The number of carbonyl (C=O) groups is 3. The Morgan fingerprint density at radius 1 is 1.09 bits per heavy atom. The van der Waals surface area contributed by atoms with Gasteiger partial charge in [-0.1, -0.05) is 13.8 Å². The minimum Gasteiger partial charge on any atom is -0.370 e. The smallest absolute Gasteiger partial charge is 0.243 e. The number of nitrogens with two attached hydrogens (primary N) is 3. The lowest BCUT2D eigenvalue weighted by Gasteiger charge is -2.23. The van der Waals surface area contributed by atoms with E-state index in [0.29, 0.717) is 19.4 Å². The van der Waals surface area contributed by atoms with Crippen LogP contribution < -0.4 is 27.8 Å². The number of nitrogens with zero attached hydrogens (tertiary/aromatic N) is 1. The van der Waals surface area contributed by atoms with Gasteiger partial charge in [0.1, 0.15) is 12.1 Å². The topological polar surface area (TPSA) is 166 Å². The lowest BCUT2D eigenvalue weighted by Crippen LogP contribution is -2.54. The fraction of sp³-hybridized carbons (Fsp3) is 0.692. The number of hydrogen-bond acceptors (Lipinski definition) is 4. The molecule has 0 fully saturated rings. The largest absolute Gasteiger partial charge is 0.370 e. The fourth-order valence-corrected chi connectivity index (χ4v) is 1.80. The van der Waals surface area contributed by atoms with E-state index >= 15 is 0 Å². The van der Waals surface area contributed by atoms with Crippen LogP contribution in [0.3, 0.4) is 0 Å². The molecule has 0 heterocycles. The number of primary amides is 1. The van der Waals surface area contributed by atoms with Gasteiger partial charge in [-0.05, 0) is 18.8 Å². The summed E-state index contributed by atoms with van der Waals surface area (Å²) in [5.41, 5.74) is 15.7. The van der Waals surface area contributed by atoms with Crippen molar-refractivity contribution in [3.8, 4) is 0 Å². The molecule has 0 aromatic rings. The van der Waals surface area contributed by atoms with E-state index in [4.69, 9.17) is 17.2 Å². The Kier molecular flexibility index (Phi) is 8.58. The van der Waals surface area contributed by atoms with Crippen molar-refractivity contribution in [2.24, 2.45) is 28.1 Å². The molecule has 0 aliphatic heterocycles. The highest BCUT2D eigenvalue weighted by molar-refractivity contribution is 5.91. The predicted molar refractivity (Wildman–Crippen MR) is 83.5 cm³/mol. The van der Waals surface area contributed by atoms with Crippen molar-refractivity contribution in [1.29, 1.82) is 0 Å². The average Bonchev–Trinajstić information content (AvgIpc) is 2.38. The number of guanidine groups is 1. The second-order valence-corrected chi connectivity index (χ2v) is 5.33. The summed E-state index contributed by atoms with van der Waals surface area (Å²) >= 11 is 0. The van der Waals surface area contributed by atoms with E-state index in [1.807, 2.05) is 0 Å². The molecule has 0 spiro atoms. The molecule has 0 aliphatic rings. The van der Waals surface area contributed by atoms with Crippen LogP contribution in [0.2, 0.25) is 0 Å². The second kappa shape index (κ2) is 9.59. The van der Waals surface area contributed by atoms with Gasteiger partial charge in [0.15, 0.2) is 5.96 Å². The molecule has 9 heteroatoms. The summed E-state index contributed by atoms with van der Waals surface area (Å²) in [4.78, 5) is 38.5. The van der Waals surface area contributed by atoms with E-state index in [9.17, 15) is 14.4 Å². The normalized spacial score (nSPS) is 13.1. The zero-order valence-electron chi connectivity index (χ0n) is 13.3. The summed E-state index contributed by atoms with van der Waals surface area (Å²) in [6.07, 6.45) is 0.793. The third-order valence-corrected chi connectivity index (χ3v) is 2.91. The van der Waals surface area contributed by atoms with Gasteiger partial charge in [-0.25, -0.2) is 0 Å². The molecule has 0 bridgehead atoms. The van der Waals surface area contributed by atoms with E-state index in [2.05, 4.69) is 15.6 Å². The summed E-state index contributed by atoms with van der Waals surface area (Å²) in [6, 6.07) is -1.56. The summed E-state index contributed by atoms with van der Waals surface area (Å²) < 4.78 is 0. The zero-order chi connectivity index (χ0) is 17.3. The Morgan fingerprint density at radius 2 is 1.68 bits per heavy atom. The highest BCUT2D eigenvalue weighted by Crippen LogP contribution is 2.04. The molecule has 0 aliphatic carbocycles. The van der Waals surface area contributed by atoms with Crippen LogP contribution in [0.25, 0.3) is 0 Å². The van der Waals surface area contributed by atoms with E-state index in [1.54, 1.807) is 13.8 Å². The third kappa shape index (κ3) is 8.08. The number of rotatable bonds is 9. The second-order valence-electron chi connectivity index (χ2n) is 5.33. The highest BCUT2D eigenvalue weighted by Gasteiger charge is 2.26. The Labute approximate surface area is 130 Å². The molecular weight excluding hydrogens is 288 g/mol. The molecule has 3 amide bonds. The molecule has 0 saturated heterocycles. The number of nitrogens with one attached hydrogen (secondary N) is 2. The van der Waals surface area contributed by atoms with Crippen molar-refractivity contribution >= 4 is 23.7 Å². The molecule has 2 atom stereocenters. The van der Waals surface area contributed by atoms with Gasteiger partial charge in [-0.2, -0.15) is 0 Å². The Hall–Kier alpha value is -2.32. The molecule has 2 unspecified atom stereocenters. The van der Waals surface area contributed by atoms with Crippen LogP contribution in [0.1, 0.15) is 33.6 Å². The maximum absolute atomic E-state index is 12.2. The summed E-state index contributed by atoms with van der Waals surface area (Å²) in [5.74, 6) is -1.58. The SMILES string of the molecule is CC(=O)NC(C(=O)NC(CCCN=C(N)N)C(N)=O)C(C)C. The predicted octanol–water partition coefficient (Wildman–Crippen LogP) is -1.83. The average molecular weight is 314 g/mol. The Balaban J connectivity index is 4.64. The van der Waals surface area contributed by atoms with Gasteiger partial charge in [0.25, 0.3) is 0 Å². The molecule has 0 aromatic carbocycles. The molecule has 0 saturated carbocycles. The first kappa shape index (κ1) is 19.7. The standard InChI is InChI=1S/C13H26N6O3/c1-7(2)10(18-8(3)20)12(22)19-9(11(14)21)5-4-6-17-13(15)16/h7,9-10H,4-6H2,1-3H3,(H2,14,21)(H,18,20)(H,19,22)(H4,15,16,17). The van der Waals surface area contributed by atoms with E-state index < -0.39 is 23.9 Å². The minimum absolute atomic E-state index is 0.0369. The van der Waals surface area contributed by atoms with E-state index in [0.717, 1.165) is 0 Å². The van der Waals surface area contributed by atoms with Crippen LogP contribution in [0.4, 0.5) is 0 Å². The number of amides is 3. The van der Waals surface area contributed by atoms with Gasteiger partial charge >= 0.3 is 0 Å². The molecule has 8 N–H and O–H groups in total. The molecule has 0 aromatic heterocycles. The number of hydrogen-bond donors (Lipinski definition) is 5. The van der Waals surface area contributed by atoms with Crippen molar-refractivity contribution in [1.82, 2.24) is 10.6 Å². The summed E-state index contributed by atoms with van der Waals surface area (Å²) in [6.45, 7) is 5.24. The molecule has 22 heavy (non-hydrogen) atoms. The van der Waals surface area contributed by atoms with Gasteiger partial charge in [0.2, 0.25) is 17.7 Å². The van der Waals surface area contributed by atoms with Crippen molar-refractivity contribution in [3.63, 3.8) is 0 Å². The summed E-state index contributed by atoms with van der Waals surface area (Å²) in [7, 11) is 0. The van der Waals surface area contributed by atoms with E-state index in [1.165, 1.54) is 6.92 Å². The van der Waals surface area contributed by atoms with Crippen molar-refractivity contribution in [2.75, 3.05) is 6.54 Å². The van der Waals surface area contributed by atoms with Crippen molar-refractivity contribution in [2.45, 2.75) is 45.7 Å². The van der Waals surface area contributed by atoms with Crippen molar-refractivity contribution < 1.29 is 14.4 Å². The Bertz CT molecular complexity index is 431. The van der Waals surface area contributed by atoms with Gasteiger partial charge in [-0.3, -0.25) is 19.4 Å². The molecule has 126 valence electrons. The monoisotopic (exact) mass is 314 g/mol. The summed E-state index contributed by atoms with van der Waals surface area (Å²) in [5, 5.41) is 5.10. The molecule has 0 rings (SSSR count). The molecule has 0 radical (unpaired) electrons. The number of carbonyl (C=O) groups excluding carboxylic acids is 3.